The van der Waals surface area contributed by atoms with E-state index in [9.17, 15) is 65.4 Å². The van der Waals surface area contributed by atoms with Crippen molar-refractivity contribution >= 4 is 17.9 Å². The quantitative estimate of drug-likeness (QED) is 0.142. The Kier molecular flexibility index (Phi) is 8.56. The van der Waals surface area contributed by atoms with Crippen LogP contribution in [0, 0.1) is 0 Å². The maximum absolute atomic E-state index is 11.8. The van der Waals surface area contributed by atoms with Crippen LogP contribution in [0.2, 0.25) is 0 Å². The Morgan fingerprint density at radius 3 is 1.65 bits per heavy atom. The molecule has 0 spiro atoms. The van der Waals surface area contributed by atoms with Gasteiger partial charge in [-0.25, -0.2) is 14.4 Å². The van der Waals surface area contributed by atoms with Gasteiger partial charge in [0.15, 0.2) is 30.5 Å². The molecule has 2 saturated heterocycles. The van der Waals surface area contributed by atoms with Gasteiger partial charge >= 0.3 is 17.9 Å². The summed E-state index contributed by atoms with van der Waals surface area (Å²) in [7, 11) is 0. The number of carbonyl (C=O) groups is 3. The van der Waals surface area contributed by atoms with Gasteiger partial charge in [0.25, 0.3) is 0 Å². The number of hydrogen-bond donors (Lipinski definition) is 11. The summed E-state index contributed by atoms with van der Waals surface area (Å²) in [5.74, 6) is -8.15. The van der Waals surface area contributed by atoms with Gasteiger partial charge in [0.2, 0.25) is 12.0 Å². The van der Waals surface area contributed by atoms with Crippen molar-refractivity contribution in [1.82, 2.24) is 0 Å². The molecule has 0 aliphatic carbocycles. The summed E-state index contributed by atoms with van der Waals surface area (Å²) >= 11 is 0. The third-order valence-corrected chi connectivity index (χ3v) is 5.72. The lowest BCUT2D eigenvalue weighted by Gasteiger charge is -2.45. The van der Waals surface area contributed by atoms with Crippen LogP contribution in [0.15, 0.2) is 11.5 Å². The van der Waals surface area contributed by atoms with Crippen molar-refractivity contribution in [3.05, 3.63) is 11.5 Å². The van der Waals surface area contributed by atoms with Crippen LogP contribution >= 0.6 is 0 Å². The first-order valence-corrected chi connectivity index (χ1v) is 10.3. The van der Waals surface area contributed by atoms with Crippen molar-refractivity contribution < 1.29 is 94.2 Å². The largest absolute Gasteiger partial charge is 0.506 e. The van der Waals surface area contributed by atoms with Crippen LogP contribution in [0.25, 0.3) is 0 Å². The highest BCUT2D eigenvalue weighted by molar-refractivity contribution is 5.85. The van der Waals surface area contributed by atoms with Gasteiger partial charge < -0.3 is 79.9 Å². The molecule has 3 heterocycles. The standard InChI is InChI=1S/C18H24O19/c19-1-2(20)10(13(26)27)36-17(6(1)24)35-9-4(22)7(25)18(37-12(9)15(30)31)34-8-3(21)5(23)16(32)33-11(8)14(28)29/h1,3-9,11-12,16-25,32H,(H,26,27)(H,28,29)(H,30,31)/t1-,3+,4+,5-,6-,7-,8-,9-,11-,12-,16-,17+,18+/m0/s1. The smallest absolute Gasteiger partial charge is 0.375 e. The molecule has 0 aromatic heterocycles. The Balaban J connectivity index is 1.82. The first-order chi connectivity index (χ1) is 17.2. The molecule has 11 N–H and O–H groups in total. The first-order valence-electron chi connectivity index (χ1n) is 10.3. The highest BCUT2D eigenvalue weighted by atomic mass is 16.8. The number of ether oxygens (including phenoxy) is 5. The zero-order valence-corrected chi connectivity index (χ0v) is 18.2. The predicted octanol–water partition coefficient (Wildman–Crippen LogP) is -6.26. The highest BCUT2D eigenvalue weighted by Crippen LogP contribution is 2.32. The van der Waals surface area contributed by atoms with E-state index in [1.54, 1.807) is 0 Å². The van der Waals surface area contributed by atoms with Crippen LogP contribution in [-0.4, -0.2) is 154 Å². The van der Waals surface area contributed by atoms with Gasteiger partial charge in [0, 0.05) is 0 Å². The van der Waals surface area contributed by atoms with Crippen molar-refractivity contribution in [2.24, 2.45) is 0 Å². The molecule has 2 fully saturated rings. The topological polar surface area (TPSA) is 320 Å². The fraction of sp³-hybridized carbons (Fsp3) is 0.722. The molecule has 0 aromatic rings. The zero-order chi connectivity index (χ0) is 27.9. The molecule has 0 aromatic carbocycles. The van der Waals surface area contributed by atoms with Crippen molar-refractivity contribution in [3.63, 3.8) is 0 Å². The lowest BCUT2D eigenvalue weighted by atomic mass is 9.96. The summed E-state index contributed by atoms with van der Waals surface area (Å²) in [6, 6.07) is 0. The zero-order valence-electron chi connectivity index (χ0n) is 18.2. The van der Waals surface area contributed by atoms with Crippen molar-refractivity contribution in [2.75, 3.05) is 0 Å². The minimum Gasteiger partial charge on any atom is -0.506 e. The third-order valence-electron chi connectivity index (χ3n) is 5.72. The summed E-state index contributed by atoms with van der Waals surface area (Å²) in [6.45, 7) is 0. The molecule has 3 rings (SSSR count). The third kappa shape index (κ3) is 5.46. The second-order valence-corrected chi connectivity index (χ2v) is 8.15. The van der Waals surface area contributed by atoms with E-state index >= 15 is 0 Å². The molecule has 3 aliphatic rings. The van der Waals surface area contributed by atoms with Gasteiger partial charge in [-0.1, -0.05) is 0 Å². The summed E-state index contributed by atoms with van der Waals surface area (Å²) in [6.07, 6.45) is -28.6. The molecular formula is C18H24O19. The van der Waals surface area contributed by atoms with Gasteiger partial charge in [0.05, 0.1) is 0 Å². The molecule has 0 unspecified atom stereocenters. The SMILES string of the molecule is O=C(O)C1=C(O)[C@H](O)[C@H](O)[C@H](O[C@H]2[C@H](O)[C@H](O)[C@H](O[C@H]3[C@H](O)[C@H](O)[C@@H](O)O[C@@H]3C(=O)O)O[C@@H]2C(=O)O)O1. The summed E-state index contributed by atoms with van der Waals surface area (Å²) < 4.78 is 24.6. The Hall–Kier alpha value is -2.69. The fourth-order valence-corrected chi connectivity index (χ4v) is 3.77. The second kappa shape index (κ2) is 11.0. The number of aliphatic carboxylic acids is 3. The lowest BCUT2D eigenvalue weighted by Crippen LogP contribution is -2.66. The van der Waals surface area contributed by atoms with Crippen LogP contribution in [0.1, 0.15) is 0 Å². The van der Waals surface area contributed by atoms with E-state index in [-0.39, 0.29) is 0 Å². The molecule has 19 heteroatoms. The van der Waals surface area contributed by atoms with Gasteiger partial charge in [-0.05, 0) is 0 Å². The van der Waals surface area contributed by atoms with Crippen LogP contribution < -0.4 is 0 Å². The number of hydrogen-bond acceptors (Lipinski definition) is 16. The minimum absolute atomic E-state index is 1.27. The van der Waals surface area contributed by atoms with E-state index in [2.05, 4.69) is 4.74 Å². The van der Waals surface area contributed by atoms with Crippen molar-refractivity contribution in [1.29, 1.82) is 0 Å². The van der Waals surface area contributed by atoms with E-state index in [1.165, 1.54) is 0 Å². The van der Waals surface area contributed by atoms with Crippen molar-refractivity contribution in [3.8, 4) is 0 Å². The van der Waals surface area contributed by atoms with E-state index in [0.717, 1.165) is 0 Å². The summed E-state index contributed by atoms with van der Waals surface area (Å²) in [5, 5.41) is 108. The molecule has 0 radical (unpaired) electrons. The number of carboxylic acids is 3. The summed E-state index contributed by atoms with van der Waals surface area (Å²) in [5.41, 5.74) is 0. The molecule has 13 atom stereocenters. The molecule has 3 aliphatic heterocycles. The molecule has 0 bridgehead atoms. The maximum atomic E-state index is 11.8. The van der Waals surface area contributed by atoms with Crippen LogP contribution in [-0.2, 0) is 38.1 Å². The number of carboxylic acid groups (broad SMARTS) is 3. The minimum atomic E-state index is -2.30. The molecule has 19 nitrogen and oxygen atoms in total. The van der Waals surface area contributed by atoms with E-state index < -0.39 is 109 Å². The Bertz CT molecular complexity index is 921. The van der Waals surface area contributed by atoms with E-state index in [0.29, 0.717) is 0 Å². The molecule has 210 valence electrons. The Labute approximate surface area is 204 Å². The first kappa shape index (κ1) is 28.9. The monoisotopic (exact) mass is 544 g/mol. The van der Waals surface area contributed by atoms with Crippen LogP contribution in [0.3, 0.4) is 0 Å². The Morgan fingerprint density at radius 2 is 1.14 bits per heavy atom. The van der Waals surface area contributed by atoms with Crippen LogP contribution in [0.4, 0.5) is 0 Å². The number of rotatable bonds is 7. The fourth-order valence-electron chi connectivity index (χ4n) is 3.77. The molecule has 0 saturated carbocycles. The number of aliphatic hydroxyl groups excluding tert-OH is 8. The number of aliphatic hydroxyl groups is 8. The van der Waals surface area contributed by atoms with E-state index in [4.69, 9.17) is 24.1 Å². The highest BCUT2D eigenvalue weighted by Gasteiger charge is 2.55. The average molecular weight is 544 g/mol. The van der Waals surface area contributed by atoms with Gasteiger partial charge in [-0.15, -0.1) is 0 Å². The average Bonchev–Trinajstić information content (AvgIpc) is 2.82. The summed E-state index contributed by atoms with van der Waals surface area (Å²) in [4.78, 5) is 34.5. The predicted molar refractivity (Wildman–Crippen MR) is 103 cm³/mol. The van der Waals surface area contributed by atoms with Gasteiger partial charge in [0.1, 0.15) is 48.8 Å². The lowest BCUT2D eigenvalue weighted by molar-refractivity contribution is -0.359. The molecular weight excluding hydrogens is 520 g/mol. The Morgan fingerprint density at radius 1 is 0.649 bits per heavy atom. The maximum Gasteiger partial charge on any atom is 0.375 e. The van der Waals surface area contributed by atoms with Crippen molar-refractivity contribution in [2.45, 2.75) is 79.9 Å². The molecule has 0 amide bonds. The van der Waals surface area contributed by atoms with Gasteiger partial charge in [-0.2, -0.15) is 0 Å². The van der Waals surface area contributed by atoms with E-state index in [1.807, 2.05) is 0 Å². The molecule has 37 heavy (non-hydrogen) atoms. The normalized spacial score (nSPS) is 44.7. The van der Waals surface area contributed by atoms with Crippen LogP contribution in [0.5, 0.6) is 0 Å². The second-order valence-electron chi connectivity index (χ2n) is 8.15. The van der Waals surface area contributed by atoms with Gasteiger partial charge in [-0.3, -0.25) is 0 Å².